The molecule has 1 saturated heterocycles. The summed E-state index contributed by atoms with van der Waals surface area (Å²) in [6.45, 7) is 6.13. The Hall–Kier alpha value is -1.12. The lowest BCUT2D eigenvalue weighted by atomic mass is 9.52. The van der Waals surface area contributed by atoms with Crippen molar-refractivity contribution in [2.75, 3.05) is 13.2 Å². The number of aliphatic hydroxyl groups is 1. The highest BCUT2D eigenvalue weighted by molar-refractivity contribution is 5.40. The van der Waals surface area contributed by atoms with Crippen molar-refractivity contribution in [3.63, 3.8) is 0 Å². The van der Waals surface area contributed by atoms with Crippen LogP contribution in [0.15, 0.2) is 29.8 Å². The molecular weight excluding hydrogens is 344 g/mol. The van der Waals surface area contributed by atoms with Crippen molar-refractivity contribution < 1.29 is 9.84 Å². The Balaban J connectivity index is 1.45. The average Bonchev–Trinajstić information content (AvgIpc) is 3.05. The molecule has 152 valence electrons. The predicted molar refractivity (Wildman–Crippen MR) is 113 cm³/mol. The second-order valence-electron chi connectivity index (χ2n) is 10.2. The van der Waals surface area contributed by atoms with Gasteiger partial charge in [0, 0.05) is 6.61 Å². The number of aliphatic hydroxyl groups excluding tert-OH is 1. The summed E-state index contributed by atoms with van der Waals surface area (Å²) in [4.78, 5) is 0. The number of rotatable bonds is 2. The first-order valence-corrected chi connectivity index (χ1v) is 11.7. The van der Waals surface area contributed by atoms with Crippen LogP contribution in [0.5, 0.6) is 0 Å². The molecule has 1 N–H and O–H groups in total. The van der Waals surface area contributed by atoms with Gasteiger partial charge in [-0.1, -0.05) is 43.7 Å². The standard InChI is InChI=1S/C26H36O2/c1-17-15-19-16-18(24-5-3-4-14-28-24)6-8-21(19)22-10-12-26(2)20(11-13-27)7-9-23(26)25(17)22/h6,8,11,16-17,22-25,27H,3-5,7,9-10,12-15H2,1-2H3/b20-11+/t17-,22?,23?,24?,25?,26?/m1/s1. The van der Waals surface area contributed by atoms with Crippen molar-refractivity contribution >= 4 is 0 Å². The molecule has 0 bridgehead atoms. The minimum Gasteiger partial charge on any atom is -0.392 e. The maximum Gasteiger partial charge on any atom is 0.0825 e. The van der Waals surface area contributed by atoms with Crippen molar-refractivity contribution in [3.05, 3.63) is 46.5 Å². The number of hydrogen-bond acceptors (Lipinski definition) is 2. The first kappa shape index (κ1) is 18.9. The van der Waals surface area contributed by atoms with Gasteiger partial charge in [-0.2, -0.15) is 0 Å². The number of allylic oxidation sites excluding steroid dienone is 1. The van der Waals surface area contributed by atoms with Crippen LogP contribution in [-0.4, -0.2) is 18.3 Å². The molecule has 28 heavy (non-hydrogen) atoms. The van der Waals surface area contributed by atoms with E-state index in [0.29, 0.717) is 11.5 Å². The van der Waals surface area contributed by atoms with Gasteiger partial charge in [-0.25, -0.2) is 0 Å². The van der Waals surface area contributed by atoms with Crippen LogP contribution in [0.1, 0.15) is 87.5 Å². The van der Waals surface area contributed by atoms with Crippen molar-refractivity contribution in [1.29, 1.82) is 0 Å². The fourth-order valence-corrected chi connectivity index (χ4v) is 7.50. The van der Waals surface area contributed by atoms with Gasteiger partial charge in [-0.3, -0.25) is 0 Å². The lowest BCUT2D eigenvalue weighted by Gasteiger charge is -2.52. The van der Waals surface area contributed by atoms with Crippen LogP contribution >= 0.6 is 0 Å². The number of fused-ring (bicyclic) bond motifs is 5. The van der Waals surface area contributed by atoms with Crippen LogP contribution in [0, 0.1) is 23.2 Å². The maximum atomic E-state index is 9.49. The van der Waals surface area contributed by atoms with E-state index in [4.69, 9.17) is 4.74 Å². The Labute approximate surface area is 170 Å². The van der Waals surface area contributed by atoms with E-state index in [0.717, 1.165) is 30.3 Å². The van der Waals surface area contributed by atoms with Gasteiger partial charge < -0.3 is 9.84 Å². The third kappa shape index (κ3) is 2.91. The van der Waals surface area contributed by atoms with Gasteiger partial charge in [0.15, 0.2) is 0 Å². The second-order valence-corrected chi connectivity index (χ2v) is 10.2. The molecule has 3 aliphatic carbocycles. The summed E-state index contributed by atoms with van der Waals surface area (Å²) < 4.78 is 6.07. The van der Waals surface area contributed by atoms with E-state index in [1.807, 2.05) is 0 Å². The molecule has 0 spiro atoms. The fourth-order valence-electron chi connectivity index (χ4n) is 7.50. The molecule has 6 atom stereocenters. The third-order valence-corrected chi connectivity index (χ3v) is 8.84. The van der Waals surface area contributed by atoms with Crippen LogP contribution in [0.25, 0.3) is 0 Å². The second kappa shape index (κ2) is 7.29. The molecular formula is C26H36O2. The third-order valence-electron chi connectivity index (χ3n) is 8.84. The fraction of sp³-hybridized carbons (Fsp3) is 0.692. The van der Waals surface area contributed by atoms with Gasteiger partial charge in [0.05, 0.1) is 12.7 Å². The predicted octanol–water partition coefficient (Wildman–Crippen LogP) is 5.95. The van der Waals surface area contributed by atoms with Gasteiger partial charge in [-0.15, -0.1) is 0 Å². The van der Waals surface area contributed by atoms with E-state index in [-0.39, 0.29) is 6.61 Å². The summed E-state index contributed by atoms with van der Waals surface area (Å²) in [7, 11) is 0. The van der Waals surface area contributed by atoms with E-state index in [2.05, 4.69) is 38.1 Å². The quantitative estimate of drug-likeness (QED) is 0.643. The van der Waals surface area contributed by atoms with E-state index in [1.54, 1.807) is 16.7 Å². The van der Waals surface area contributed by atoms with Crippen LogP contribution < -0.4 is 0 Å². The largest absolute Gasteiger partial charge is 0.392 e. The Bertz CT molecular complexity index is 760. The maximum absolute atomic E-state index is 9.49. The topological polar surface area (TPSA) is 29.5 Å². The molecule has 5 rings (SSSR count). The molecule has 0 aromatic heterocycles. The van der Waals surface area contributed by atoms with Crippen LogP contribution in [0.3, 0.4) is 0 Å². The van der Waals surface area contributed by atoms with Crippen LogP contribution in [-0.2, 0) is 11.2 Å². The van der Waals surface area contributed by atoms with Crippen molar-refractivity contribution in [3.8, 4) is 0 Å². The lowest BCUT2D eigenvalue weighted by Crippen LogP contribution is -2.43. The van der Waals surface area contributed by atoms with Gasteiger partial charge in [0.1, 0.15) is 0 Å². The molecule has 1 heterocycles. The first-order valence-electron chi connectivity index (χ1n) is 11.7. The minimum atomic E-state index is 0.205. The van der Waals surface area contributed by atoms with Crippen molar-refractivity contribution in [2.45, 2.75) is 77.2 Å². The molecule has 0 radical (unpaired) electrons. The minimum absolute atomic E-state index is 0.205. The normalized spacial score (nSPS) is 41.4. The molecule has 0 amide bonds. The highest BCUT2D eigenvalue weighted by atomic mass is 16.5. The smallest absolute Gasteiger partial charge is 0.0825 e. The van der Waals surface area contributed by atoms with E-state index in [1.165, 1.54) is 56.9 Å². The number of ether oxygens (including phenoxy) is 1. The molecule has 1 aromatic rings. The van der Waals surface area contributed by atoms with Gasteiger partial charge in [-0.05, 0) is 97.1 Å². The van der Waals surface area contributed by atoms with E-state index < -0.39 is 0 Å². The number of hydrogen-bond donors (Lipinski definition) is 1. The molecule has 5 unspecified atom stereocenters. The Morgan fingerprint density at radius 2 is 2.11 bits per heavy atom. The molecule has 3 fully saturated rings. The number of benzene rings is 1. The summed E-state index contributed by atoms with van der Waals surface area (Å²) in [6.07, 6.45) is 12.5. The molecule has 1 aromatic carbocycles. The van der Waals surface area contributed by atoms with E-state index in [9.17, 15) is 5.11 Å². The molecule has 2 nitrogen and oxygen atoms in total. The Morgan fingerprint density at radius 3 is 2.89 bits per heavy atom. The molecule has 2 heteroatoms. The zero-order valence-electron chi connectivity index (χ0n) is 17.6. The van der Waals surface area contributed by atoms with Crippen LogP contribution in [0.4, 0.5) is 0 Å². The average molecular weight is 381 g/mol. The molecule has 4 aliphatic rings. The first-order chi connectivity index (χ1) is 13.6. The van der Waals surface area contributed by atoms with Crippen molar-refractivity contribution in [2.24, 2.45) is 23.2 Å². The van der Waals surface area contributed by atoms with Crippen molar-refractivity contribution in [1.82, 2.24) is 0 Å². The summed E-state index contributed by atoms with van der Waals surface area (Å²) >= 11 is 0. The lowest BCUT2D eigenvalue weighted by molar-refractivity contribution is 0.0146. The van der Waals surface area contributed by atoms with Gasteiger partial charge in [0.2, 0.25) is 0 Å². The highest BCUT2D eigenvalue weighted by Crippen LogP contribution is 2.63. The summed E-state index contributed by atoms with van der Waals surface area (Å²) in [5, 5.41) is 9.49. The summed E-state index contributed by atoms with van der Waals surface area (Å²) in [6, 6.07) is 7.34. The van der Waals surface area contributed by atoms with Gasteiger partial charge >= 0.3 is 0 Å². The SMILES string of the molecule is C[C@@H]1Cc2cc(C3CCCCO3)ccc2C2CCC3(C)/C(=C/CO)CCC3C21. The van der Waals surface area contributed by atoms with E-state index >= 15 is 0 Å². The Morgan fingerprint density at radius 1 is 1.21 bits per heavy atom. The summed E-state index contributed by atoms with van der Waals surface area (Å²) in [5.74, 6) is 3.06. The van der Waals surface area contributed by atoms with Crippen LogP contribution in [0.2, 0.25) is 0 Å². The monoisotopic (exact) mass is 380 g/mol. The summed E-state index contributed by atoms with van der Waals surface area (Å²) in [5.41, 5.74) is 6.53. The zero-order valence-corrected chi connectivity index (χ0v) is 17.6. The molecule has 1 aliphatic heterocycles. The highest BCUT2D eigenvalue weighted by Gasteiger charge is 2.54. The Kier molecular flexibility index (Phi) is 4.92. The molecule has 2 saturated carbocycles. The zero-order chi connectivity index (χ0) is 19.3. The van der Waals surface area contributed by atoms with Gasteiger partial charge in [0.25, 0.3) is 0 Å².